The summed E-state index contributed by atoms with van der Waals surface area (Å²) in [7, 11) is 0. The summed E-state index contributed by atoms with van der Waals surface area (Å²) >= 11 is 0. The van der Waals surface area contributed by atoms with Gasteiger partial charge in [0.05, 0.1) is 12.5 Å². The molecular formula is C10H15NO. The third-order valence-corrected chi connectivity index (χ3v) is 2.77. The van der Waals surface area contributed by atoms with Crippen LogP contribution in [0.5, 0.6) is 0 Å². The van der Waals surface area contributed by atoms with Crippen LogP contribution in [0.15, 0.2) is 16.9 Å². The molecule has 66 valence electrons. The summed E-state index contributed by atoms with van der Waals surface area (Å²) in [6.45, 7) is 2.08. The van der Waals surface area contributed by atoms with E-state index >= 15 is 0 Å². The van der Waals surface area contributed by atoms with Gasteiger partial charge in [0.25, 0.3) is 0 Å². The zero-order chi connectivity index (χ0) is 8.55. The van der Waals surface area contributed by atoms with E-state index < -0.39 is 0 Å². The van der Waals surface area contributed by atoms with Gasteiger partial charge in [-0.2, -0.15) is 0 Å². The maximum absolute atomic E-state index is 5.90. The second kappa shape index (κ2) is 2.94. The van der Waals surface area contributed by atoms with Crippen LogP contribution in [0, 0.1) is 0 Å². The molecular weight excluding hydrogens is 150 g/mol. The molecule has 0 fully saturated rings. The first kappa shape index (κ1) is 7.87. The number of fused-ring (bicyclic) bond motifs is 1. The molecule has 0 amide bonds. The Morgan fingerprint density at radius 1 is 1.58 bits per heavy atom. The maximum atomic E-state index is 5.90. The second-order valence-corrected chi connectivity index (χ2v) is 3.71. The molecule has 2 nitrogen and oxygen atoms in total. The molecule has 0 saturated carbocycles. The van der Waals surface area contributed by atoms with Crippen LogP contribution in [0.1, 0.15) is 36.8 Å². The Morgan fingerprint density at radius 2 is 2.42 bits per heavy atom. The average Bonchev–Trinajstić information content (AvgIpc) is 2.49. The highest BCUT2D eigenvalue weighted by atomic mass is 16.3. The molecule has 12 heavy (non-hydrogen) atoms. The molecule has 0 spiro atoms. The van der Waals surface area contributed by atoms with E-state index in [4.69, 9.17) is 10.2 Å². The van der Waals surface area contributed by atoms with E-state index in [0.29, 0.717) is 5.92 Å². The Hall–Kier alpha value is -0.760. The monoisotopic (exact) mass is 165 g/mol. The quantitative estimate of drug-likeness (QED) is 0.691. The maximum Gasteiger partial charge on any atom is 0.0940 e. The van der Waals surface area contributed by atoms with Crippen molar-refractivity contribution in [2.45, 2.75) is 38.1 Å². The highest BCUT2D eigenvalue weighted by molar-refractivity contribution is 5.28. The normalized spacial score (nSPS) is 25.0. The SMILES string of the molecule is CC(N)C1CCCc2cocc21. The van der Waals surface area contributed by atoms with Crippen LogP contribution >= 0.6 is 0 Å². The van der Waals surface area contributed by atoms with Gasteiger partial charge in [0.2, 0.25) is 0 Å². The highest BCUT2D eigenvalue weighted by Crippen LogP contribution is 2.33. The summed E-state index contributed by atoms with van der Waals surface area (Å²) in [6.07, 6.45) is 7.35. The molecule has 1 heterocycles. The second-order valence-electron chi connectivity index (χ2n) is 3.71. The van der Waals surface area contributed by atoms with Gasteiger partial charge >= 0.3 is 0 Å². The minimum Gasteiger partial charge on any atom is -0.472 e. The van der Waals surface area contributed by atoms with Crippen LogP contribution in [0.25, 0.3) is 0 Å². The number of furan rings is 1. The third kappa shape index (κ3) is 1.16. The first-order valence-electron chi connectivity index (χ1n) is 4.59. The minimum atomic E-state index is 0.252. The predicted molar refractivity (Wildman–Crippen MR) is 48.0 cm³/mol. The first-order chi connectivity index (χ1) is 5.79. The van der Waals surface area contributed by atoms with Gasteiger partial charge in [-0.05, 0) is 37.3 Å². The fourth-order valence-electron chi connectivity index (χ4n) is 2.08. The van der Waals surface area contributed by atoms with Crippen LogP contribution < -0.4 is 5.73 Å². The van der Waals surface area contributed by atoms with E-state index in [1.54, 1.807) is 0 Å². The molecule has 2 rings (SSSR count). The Bertz CT molecular complexity index is 265. The van der Waals surface area contributed by atoms with Gasteiger partial charge in [-0.15, -0.1) is 0 Å². The van der Waals surface area contributed by atoms with Crippen LogP contribution in [-0.4, -0.2) is 6.04 Å². The summed E-state index contributed by atoms with van der Waals surface area (Å²) in [5.74, 6) is 0.521. The standard InChI is InChI=1S/C10H15NO/c1-7(11)9-4-2-3-8-5-12-6-10(8)9/h5-7,9H,2-4,11H2,1H3. The largest absolute Gasteiger partial charge is 0.472 e. The van der Waals surface area contributed by atoms with Crippen molar-refractivity contribution in [3.63, 3.8) is 0 Å². The number of hydrogen-bond donors (Lipinski definition) is 1. The van der Waals surface area contributed by atoms with Gasteiger partial charge in [-0.25, -0.2) is 0 Å². The van der Waals surface area contributed by atoms with Gasteiger partial charge in [-0.1, -0.05) is 0 Å². The van der Waals surface area contributed by atoms with E-state index in [2.05, 4.69) is 6.92 Å². The molecule has 2 atom stereocenters. The number of aryl methyl sites for hydroxylation is 1. The van der Waals surface area contributed by atoms with Crippen molar-refractivity contribution in [2.24, 2.45) is 5.73 Å². The fourth-order valence-corrected chi connectivity index (χ4v) is 2.08. The van der Waals surface area contributed by atoms with Crippen LogP contribution in [0.4, 0.5) is 0 Å². The molecule has 1 aliphatic rings. The molecule has 1 aromatic rings. The van der Waals surface area contributed by atoms with Crippen LogP contribution in [-0.2, 0) is 6.42 Å². The molecule has 1 aliphatic carbocycles. The van der Waals surface area contributed by atoms with Crippen molar-refractivity contribution in [3.8, 4) is 0 Å². The van der Waals surface area contributed by atoms with Gasteiger partial charge in [0.15, 0.2) is 0 Å². The van der Waals surface area contributed by atoms with Gasteiger partial charge in [0, 0.05) is 12.0 Å². The molecule has 2 N–H and O–H groups in total. The minimum absolute atomic E-state index is 0.252. The van der Waals surface area contributed by atoms with Crippen LogP contribution in [0.2, 0.25) is 0 Å². The van der Waals surface area contributed by atoms with Crippen molar-refractivity contribution < 1.29 is 4.42 Å². The zero-order valence-corrected chi connectivity index (χ0v) is 7.42. The van der Waals surface area contributed by atoms with E-state index in [9.17, 15) is 0 Å². The Balaban J connectivity index is 2.31. The summed E-state index contributed by atoms with van der Waals surface area (Å²) in [6, 6.07) is 0.252. The topological polar surface area (TPSA) is 39.2 Å². The molecule has 1 aromatic heterocycles. The van der Waals surface area contributed by atoms with E-state index in [0.717, 1.165) is 6.42 Å². The third-order valence-electron chi connectivity index (χ3n) is 2.77. The van der Waals surface area contributed by atoms with Crippen molar-refractivity contribution in [1.82, 2.24) is 0 Å². The van der Waals surface area contributed by atoms with Crippen molar-refractivity contribution in [1.29, 1.82) is 0 Å². The molecule has 0 aromatic carbocycles. The molecule has 0 radical (unpaired) electrons. The first-order valence-corrected chi connectivity index (χ1v) is 4.59. The molecule has 0 aliphatic heterocycles. The molecule has 2 heteroatoms. The predicted octanol–water partition coefficient (Wildman–Crippen LogP) is 2.05. The summed E-state index contributed by atoms with van der Waals surface area (Å²) in [4.78, 5) is 0. The number of nitrogens with two attached hydrogens (primary N) is 1. The lowest BCUT2D eigenvalue weighted by Gasteiger charge is -2.24. The molecule has 0 bridgehead atoms. The number of rotatable bonds is 1. The Kier molecular flexibility index (Phi) is 1.93. The van der Waals surface area contributed by atoms with Crippen molar-refractivity contribution in [2.75, 3.05) is 0 Å². The lowest BCUT2D eigenvalue weighted by Crippen LogP contribution is -2.27. The fraction of sp³-hybridized carbons (Fsp3) is 0.600. The summed E-state index contributed by atoms with van der Waals surface area (Å²) in [5.41, 5.74) is 8.61. The molecule has 0 saturated heterocycles. The summed E-state index contributed by atoms with van der Waals surface area (Å²) in [5, 5.41) is 0. The lowest BCUT2D eigenvalue weighted by molar-refractivity contribution is 0.484. The van der Waals surface area contributed by atoms with Gasteiger partial charge in [0.1, 0.15) is 0 Å². The molecule has 2 unspecified atom stereocenters. The lowest BCUT2D eigenvalue weighted by atomic mass is 9.82. The highest BCUT2D eigenvalue weighted by Gasteiger charge is 2.24. The van der Waals surface area contributed by atoms with Crippen molar-refractivity contribution in [3.05, 3.63) is 23.7 Å². The van der Waals surface area contributed by atoms with Crippen molar-refractivity contribution >= 4 is 0 Å². The van der Waals surface area contributed by atoms with Crippen LogP contribution in [0.3, 0.4) is 0 Å². The number of hydrogen-bond acceptors (Lipinski definition) is 2. The smallest absolute Gasteiger partial charge is 0.0940 e. The summed E-state index contributed by atoms with van der Waals surface area (Å²) < 4.78 is 5.19. The van der Waals surface area contributed by atoms with E-state index in [-0.39, 0.29) is 6.04 Å². The Labute approximate surface area is 72.7 Å². The van der Waals surface area contributed by atoms with E-state index in [1.807, 2.05) is 12.5 Å². The average molecular weight is 165 g/mol. The van der Waals surface area contributed by atoms with Gasteiger partial charge in [-0.3, -0.25) is 0 Å². The zero-order valence-electron chi connectivity index (χ0n) is 7.42. The van der Waals surface area contributed by atoms with E-state index in [1.165, 1.54) is 24.0 Å². The van der Waals surface area contributed by atoms with Gasteiger partial charge < -0.3 is 10.2 Å². The Morgan fingerprint density at radius 3 is 3.17 bits per heavy atom.